The van der Waals surface area contributed by atoms with Crippen LogP contribution in [0.4, 0.5) is 5.69 Å². The van der Waals surface area contributed by atoms with Crippen LogP contribution in [0.5, 0.6) is 0 Å². The molecular formula is C19H30N2. The van der Waals surface area contributed by atoms with Crippen molar-refractivity contribution in [1.29, 1.82) is 0 Å². The quantitative estimate of drug-likeness (QED) is 0.818. The molecule has 1 N–H and O–H groups in total. The van der Waals surface area contributed by atoms with Gasteiger partial charge in [-0.25, -0.2) is 0 Å². The van der Waals surface area contributed by atoms with E-state index in [0.717, 1.165) is 6.04 Å². The van der Waals surface area contributed by atoms with E-state index in [9.17, 15) is 0 Å². The molecule has 0 saturated heterocycles. The number of rotatable bonds is 5. The highest BCUT2D eigenvalue weighted by atomic mass is 15.1. The number of hydrogen-bond acceptors (Lipinski definition) is 2. The average molecular weight is 286 g/mol. The zero-order valence-corrected chi connectivity index (χ0v) is 13.3. The predicted molar refractivity (Wildman–Crippen MR) is 91.1 cm³/mol. The number of para-hydroxylation sites is 1. The maximum absolute atomic E-state index is 3.77. The lowest BCUT2D eigenvalue weighted by Gasteiger charge is -2.26. The second kappa shape index (κ2) is 7.84. The lowest BCUT2D eigenvalue weighted by molar-refractivity contribution is 0.372. The first-order chi connectivity index (χ1) is 10.4. The summed E-state index contributed by atoms with van der Waals surface area (Å²) in [6.07, 6.45) is 12.3. The van der Waals surface area contributed by atoms with Crippen LogP contribution in [0.25, 0.3) is 0 Å². The second-order valence-corrected chi connectivity index (χ2v) is 6.72. The highest BCUT2D eigenvalue weighted by molar-refractivity contribution is 5.54. The maximum Gasteiger partial charge on any atom is 0.0398 e. The third-order valence-corrected chi connectivity index (χ3v) is 5.10. The number of fused-ring (bicyclic) bond motifs is 1. The van der Waals surface area contributed by atoms with E-state index in [4.69, 9.17) is 0 Å². The van der Waals surface area contributed by atoms with Crippen molar-refractivity contribution in [2.24, 2.45) is 0 Å². The van der Waals surface area contributed by atoms with Crippen LogP contribution in [0.2, 0.25) is 0 Å². The Morgan fingerprint density at radius 3 is 2.76 bits per heavy atom. The molecule has 0 aromatic heterocycles. The monoisotopic (exact) mass is 286 g/mol. The minimum Gasteiger partial charge on any atom is -0.371 e. The summed E-state index contributed by atoms with van der Waals surface area (Å²) in [4.78, 5) is 2.62. The molecule has 1 aliphatic heterocycles. The number of benzene rings is 1. The van der Waals surface area contributed by atoms with Crippen LogP contribution >= 0.6 is 0 Å². The second-order valence-electron chi connectivity index (χ2n) is 6.72. The molecule has 1 fully saturated rings. The zero-order valence-electron chi connectivity index (χ0n) is 13.3. The van der Waals surface area contributed by atoms with Crippen LogP contribution in [0, 0.1) is 0 Å². The van der Waals surface area contributed by atoms with Crippen molar-refractivity contribution in [2.75, 3.05) is 24.5 Å². The fraction of sp³-hybridized carbons (Fsp3) is 0.684. The molecule has 1 heterocycles. The van der Waals surface area contributed by atoms with Crippen LogP contribution in [0.3, 0.4) is 0 Å². The molecule has 2 aliphatic rings. The SMILES string of the molecule is c1ccc2c(c1)CCCCN2CCCNC1CCCCC1. The molecule has 1 aromatic rings. The number of hydrogen-bond donors (Lipinski definition) is 1. The Bertz CT molecular complexity index is 423. The molecule has 21 heavy (non-hydrogen) atoms. The van der Waals surface area contributed by atoms with Crippen molar-refractivity contribution >= 4 is 5.69 Å². The molecule has 0 spiro atoms. The molecule has 3 rings (SSSR count). The Labute approximate surface area is 129 Å². The van der Waals surface area contributed by atoms with Gasteiger partial charge in [0, 0.05) is 24.8 Å². The molecule has 2 nitrogen and oxygen atoms in total. The van der Waals surface area contributed by atoms with Gasteiger partial charge < -0.3 is 10.2 Å². The van der Waals surface area contributed by atoms with E-state index in [2.05, 4.69) is 34.5 Å². The molecular weight excluding hydrogens is 256 g/mol. The van der Waals surface area contributed by atoms with E-state index < -0.39 is 0 Å². The summed E-state index contributed by atoms with van der Waals surface area (Å²) in [5.74, 6) is 0. The van der Waals surface area contributed by atoms with Crippen LogP contribution in [0.15, 0.2) is 24.3 Å². The summed E-state index contributed by atoms with van der Waals surface area (Å²) in [6.45, 7) is 3.63. The zero-order chi connectivity index (χ0) is 14.3. The van der Waals surface area contributed by atoms with Crippen LogP contribution in [-0.2, 0) is 6.42 Å². The first-order valence-electron chi connectivity index (χ1n) is 9.00. The van der Waals surface area contributed by atoms with Gasteiger partial charge in [0.1, 0.15) is 0 Å². The fourth-order valence-electron chi connectivity index (χ4n) is 3.88. The molecule has 1 aromatic carbocycles. The van der Waals surface area contributed by atoms with Gasteiger partial charge >= 0.3 is 0 Å². The Hall–Kier alpha value is -1.02. The van der Waals surface area contributed by atoms with Gasteiger partial charge in [-0.1, -0.05) is 37.5 Å². The first kappa shape index (κ1) is 14.9. The molecule has 0 bridgehead atoms. The van der Waals surface area contributed by atoms with Gasteiger partial charge in [-0.05, 0) is 56.7 Å². The number of aryl methyl sites for hydroxylation is 1. The van der Waals surface area contributed by atoms with Crippen LogP contribution in [-0.4, -0.2) is 25.7 Å². The van der Waals surface area contributed by atoms with Gasteiger partial charge in [-0.3, -0.25) is 0 Å². The summed E-state index contributed by atoms with van der Waals surface area (Å²) in [5.41, 5.74) is 3.04. The van der Waals surface area contributed by atoms with Gasteiger partial charge in [0.05, 0.1) is 0 Å². The van der Waals surface area contributed by atoms with Crippen molar-refractivity contribution < 1.29 is 0 Å². The van der Waals surface area contributed by atoms with E-state index >= 15 is 0 Å². The van der Waals surface area contributed by atoms with Crippen molar-refractivity contribution in [1.82, 2.24) is 5.32 Å². The lowest BCUT2D eigenvalue weighted by atomic mass is 9.95. The molecule has 0 atom stereocenters. The normalized spacial score (nSPS) is 20.1. The van der Waals surface area contributed by atoms with Crippen LogP contribution in [0.1, 0.15) is 56.9 Å². The molecule has 0 amide bonds. The smallest absolute Gasteiger partial charge is 0.0398 e. The molecule has 116 valence electrons. The Balaban J connectivity index is 1.46. The van der Waals surface area contributed by atoms with E-state index in [-0.39, 0.29) is 0 Å². The summed E-state index contributed by atoms with van der Waals surface area (Å²) in [6, 6.07) is 9.81. The molecule has 2 heteroatoms. The highest BCUT2D eigenvalue weighted by Gasteiger charge is 2.15. The minimum absolute atomic E-state index is 0.801. The number of nitrogens with zero attached hydrogens (tertiary/aromatic N) is 1. The molecule has 1 aliphatic carbocycles. The van der Waals surface area contributed by atoms with E-state index in [1.54, 1.807) is 5.56 Å². The predicted octanol–water partition coefficient (Wildman–Crippen LogP) is 4.14. The molecule has 1 saturated carbocycles. The number of nitrogens with one attached hydrogen (secondary N) is 1. The van der Waals surface area contributed by atoms with E-state index in [0.29, 0.717) is 0 Å². The largest absolute Gasteiger partial charge is 0.371 e. The third-order valence-electron chi connectivity index (χ3n) is 5.10. The van der Waals surface area contributed by atoms with Gasteiger partial charge in [-0.15, -0.1) is 0 Å². The van der Waals surface area contributed by atoms with Gasteiger partial charge in [0.25, 0.3) is 0 Å². The Kier molecular flexibility index (Phi) is 5.56. The average Bonchev–Trinajstić information content (AvgIpc) is 2.75. The molecule has 0 unspecified atom stereocenters. The Morgan fingerprint density at radius 1 is 1.00 bits per heavy atom. The Morgan fingerprint density at radius 2 is 1.86 bits per heavy atom. The van der Waals surface area contributed by atoms with Crippen molar-refractivity contribution in [3.05, 3.63) is 29.8 Å². The lowest BCUT2D eigenvalue weighted by Crippen LogP contribution is -2.34. The standard InChI is InChI=1S/C19H30N2/c1-2-11-18(12-3-1)20-14-8-16-21-15-7-6-10-17-9-4-5-13-19(17)21/h4-5,9,13,18,20H,1-3,6-8,10-12,14-16H2. The van der Waals surface area contributed by atoms with Crippen molar-refractivity contribution in [2.45, 2.75) is 63.8 Å². The van der Waals surface area contributed by atoms with Gasteiger partial charge in [-0.2, -0.15) is 0 Å². The van der Waals surface area contributed by atoms with Crippen molar-refractivity contribution in [3.63, 3.8) is 0 Å². The van der Waals surface area contributed by atoms with Crippen molar-refractivity contribution in [3.8, 4) is 0 Å². The molecule has 0 radical (unpaired) electrons. The fourth-order valence-corrected chi connectivity index (χ4v) is 3.88. The summed E-state index contributed by atoms with van der Waals surface area (Å²) in [7, 11) is 0. The topological polar surface area (TPSA) is 15.3 Å². The summed E-state index contributed by atoms with van der Waals surface area (Å²) < 4.78 is 0. The van der Waals surface area contributed by atoms with Crippen LogP contribution < -0.4 is 10.2 Å². The summed E-state index contributed by atoms with van der Waals surface area (Å²) >= 11 is 0. The third kappa shape index (κ3) is 4.23. The highest BCUT2D eigenvalue weighted by Crippen LogP contribution is 2.26. The number of anilines is 1. The van der Waals surface area contributed by atoms with Gasteiger partial charge in [0.2, 0.25) is 0 Å². The van der Waals surface area contributed by atoms with E-state index in [1.807, 2.05) is 0 Å². The van der Waals surface area contributed by atoms with E-state index in [1.165, 1.54) is 83.1 Å². The minimum atomic E-state index is 0.801. The first-order valence-corrected chi connectivity index (χ1v) is 9.00. The maximum atomic E-state index is 3.77. The summed E-state index contributed by atoms with van der Waals surface area (Å²) in [5, 5.41) is 3.77. The van der Waals surface area contributed by atoms with Gasteiger partial charge in [0.15, 0.2) is 0 Å².